The van der Waals surface area contributed by atoms with E-state index in [4.69, 9.17) is 5.73 Å². The van der Waals surface area contributed by atoms with Gasteiger partial charge in [0.05, 0.1) is 22.8 Å². The Bertz CT molecular complexity index is 1880. The fraction of sp³-hybridized carbons (Fsp3) is 0.222. The van der Waals surface area contributed by atoms with E-state index in [2.05, 4.69) is 69.6 Å². The van der Waals surface area contributed by atoms with Gasteiger partial charge in [-0.05, 0) is 111 Å². The Morgan fingerprint density at radius 2 is 1.98 bits per heavy atom. The number of hydrogen-bond donors (Lipinski definition) is 5. The van der Waals surface area contributed by atoms with Gasteiger partial charge in [-0.3, -0.25) is 10.1 Å². The monoisotopic (exact) mass is 589 g/mol. The minimum atomic E-state index is -0.393. The number of pyridine rings is 1. The molecule has 0 saturated carbocycles. The van der Waals surface area contributed by atoms with Crippen LogP contribution < -0.4 is 26.9 Å². The Balaban J connectivity index is 1.37. The molecule has 0 aliphatic carbocycles. The molecule has 8 heteroatoms. The number of nitrogens with one attached hydrogen (secondary N) is 4. The third-order valence-corrected chi connectivity index (χ3v) is 8.04. The maximum absolute atomic E-state index is 14.1. The van der Waals surface area contributed by atoms with Crippen molar-refractivity contribution in [3.63, 3.8) is 0 Å². The van der Waals surface area contributed by atoms with E-state index in [9.17, 15) is 4.39 Å². The molecule has 226 valence electrons. The Labute approximate surface area is 257 Å². The van der Waals surface area contributed by atoms with E-state index in [1.807, 2.05) is 31.2 Å². The number of aromatic amines is 2. The lowest BCUT2D eigenvalue weighted by Gasteiger charge is -2.24. The molecule has 4 heterocycles. The van der Waals surface area contributed by atoms with E-state index in [1.165, 1.54) is 25.0 Å². The van der Waals surface area contributed by atoms with Crippen LogP contribution in [0.25, 0.3) is 46.1 Å². The van der Waals surface area contributed by atoms with Crippen LogP contribution in [0.4, 0.5) is 10.1 Å². The van der Waals surface area contributed by atoms with E-state index in [0.717, 1.165) is 74.8 Å². The number of piperidine rings is 1. The van der Waals surface area contributed by atoms with E-state index >= 15 is 0 Å². The normalized spacial score (nSPS) is 15.6. The molecule has 0 spiro atoms. The molecule has 1 aromatic carbocycles. The van der Waals surface area contributed by atoms with E-state index in [-0.39, 0.29) is 0 Å². The Morgan fingerprint density at radius 3 is 2.70 bits per heavy atom. The molecule has 7 nitrogen and oxygen atoms in total. The maximum Gasteiger partial charge on any atom is 0.125 e. The molecule has 5 rings (SSSR count). The number of nitrogens with two attached hydrogens (primary N) is 1. The number of H-pyrrole nitrogens is 2. The number of nitrogen functional groups attached to an aromatic ring is 1. The standard InChI is InChI=1S/C36H40FN7/c1-6-26(17-30(7-2)41-23(4)14-25-10-12-39-13-11-25)22(3)8-9-33-24(5)36(44-43-33)34-19-31-32(20-40-21-35(31)42-34)27-15-28(37)18-29(38)16-27/h6-9,15-21,25,39,41-43H,2,4-5,10-14,38H2,1,3H3/b22-8+,26-6+,30-17+,33-9+. The van der Waals surface area contributed by atoms with Crippen molar-refractivity contribution in [2.75, 3.05) is 18.8 Å². The molecule has 1 fully saturated rings. The number of fused-ring (bicyclic) bond motifs is 1. The van der Waals surface area contributed by atoms with Crippen molar-refractivity contribution in [1.29, 1.82) is 0 Å². The first-order chi connectivity index (χ1) is 21.2. The van der Waals surface area contributed by atoms with Crippen LogP contribution in [-0.4, -0.2) is 33.3 Å². The van der Waals surface area contributed by atoms with Gasteiger partial charge in [0.15, 0.2) is 0 Å². The summed E-state index contributed by atoms with van der Waals surface area (Å²) in [6.45, 7) is 18.8. The van der Waals surface area contributed by atoms with Gasteiger partial charge in [0.2, 0.25) is 0 Å². The highest BCUT2D eigenvalue weighted by atomic mass is 19.1. The fourth-order valence-corrected chi connectivity index (χ4v) is 5.65. The third-order valence-electron chi connectivity index (χ3n) is 8.04. The molecule has 44 heavy (non-hydrogen) atoms. The van der Waals surface area contributed by atoms with Gasteiger partial charge < -0.3 is 21.4 Å². The minimum absolute atomic E-state index is 0.357. The summed E-state index contributed by atoms with van der Waals surface area (Å²) in [5.41, 5.74) is 14.0. The molecule has 1 aliphatic rings. The summed E-state index contributed by atoms with van der Waals surface area (Å²) in [7, 11) is 0. The van der Waals surface area contributed by atoms with E-state index < -0.39 is 5.82 Å². The summed E-state index contributed by atoms with van der Waals surface area (Å²) < 4.78 is 14.1. The lowest BCUT2D eigenvalue weighted by atomic mass is 9.93. The lowest BCUT2D eigenvalue weighted by Crippen LogP contribution is -2.28. The predicted octanol–water partition coefficient (Wildman–Crippen LogP) is 5.99. The second kappa shape index (κ2) is 13.6. The highest BCUT2D eigenvalue weighted by Crippen LogP contribution is 2.31. The van der Waals surface area contributed by atoms with Crippen molar-refractivity contribution in [3.8, 4) is 22.5 Å². The summed E-state index contributed by atoms with van der Waals surface area (Å²) in [5, 5.41) is 17.0. The number of nitrogens with zero attached hydrogens (tertiary/aromatic N) is 2. The van der Waals surface area contributed by atoms with Crippen molar-refractivity contribution in [2.24, 2.45) is 5.92 Å². The van der Waals surface area contributed by atoms with Gasteiger partial charge >= 0.3 is 0 Å². The minimum Gasteiger partial charge on any atom is -0.399 e. The van der Waals surface area contributed by atoms with Gasteiger partial charge in [0, 0.05) is 39.4 Å². The summed E-state index contributed by atoms with van der Waals surface area (Å²) in [4.78, 5) is 7.73. The van der Waals surface area contributed by atoms with Crippen LogP contribution in [-0.2, 0) is 0 Å². The lowest BCUT2D eigenvalue weighted by molar-refractivity contribution is 0.368. The number of rotatable bonds is 10. The van der Waals surface area contributed by atoms with Gasteiger partial charge in [0.1, 0.15) is 11.5 Å². The molecule has 6 N–H and O–H groups in total. The van der Waals surface area contributed by atoms with Crippen molar-refractivity contribution < 1.29 is 4.39 Å². The largest absolute Gasteiger partial charge is 0.399 e. The van der Waals surface area contributed by atoms with Crippen molar-refractivity contribution >= 4 is 29.2 Å². The molecular formula is C36H40FN7. The van der Waals surface area contributed by atoms with Gasteiger partial charge in [-0.25, -0.2) is 4.39 Å². The van der Waals surface area contributed by atoms with Gasteiger partial charge in [-0.2, -0.15) is 5.10 Å². The molecule has 1 aliphatic heterocycles. The zero-order valence-corrected chi connectivity index (χ0v) is 25.4. The van der Waals surface area contributed by atoms with Crippen LogP contribution >= 0.6 is 0 Å². The zero-order valence-electron chi connectivity index (χ0n) is 25.4. The molecule has 3 aromatic heterocycles. The zero-order chi connectivity index (χ0) is 31.2. The molecule has 4 aromatic rings. The molecule has 1 saturated heterocycles. The topological polar surface area (TPSA) is 107 Å². The SMILES string of the molecule is C=C\C(=C/C(=C\C)C(/C)=C/C=c1/[nH]nc(-c2cc3c(-c4cc(N)cc(F)c4)cncc3[nH]2)c1=C)NC(=C)CC1CCNCC1. The van der Waals surface area contributed by atoms with Crippen LogP contribution in [0.1, 0.15) is 33.1 Å². The Morgan fingerprint density at radius 1 is 1.18 bits per heavy atom. The average Bonchev–Trinajstić information content (AvgIpc) is 3.60. The maximum atomic E-state index is 14.1. The average molecular weight is 590 g/mol. The summed E-state index contributed by atoms with van der Waals surface area (Å²) in [5.74, 6) is 0.266. The quantitative estimate of drug-likeness (QED) is 0.115. The number of halogens is 1. The van der Waals surface area contributed by atoms with E-state index in [0.29, 0.717) is 22.9 Å². The summed E-state index contributed by atoms with van der Waals surface area (Å²) in [6, 6.07) is 6.47. The predicted molar refractivity (Wildman–Crippen MR) is 181 cm³/mol. The molecule has 0 atom stereocenters. The van der Waals surface area contributed by atoms with Crippen molar-refractivity contribution in [3.05, 3.63) is 113 Å². The van der Waals surface area contributed by atoms with Crippen molar-refractivity contribution in [2.45, 2.75) is 33.1 Å². The van der Waals surface area contributed by atoms with Crippen LogP contribution in [0.3, 0.4) is 0 Å². The summed E-state index contributed by atoms with van der Waals surface area (Å²) in [6.07, 6.45) is 16.8. The smallest absolute Gasteiger partial charge is 0.125 e. The van der Waals surface area contributed by atoms with Gasteiger partial charge in [-0.15, -0.1) is 0 Å². The molecular weight excluding hydrogens is 549 g/mol. The molecule has 0 bridgehead atoms. The highest BCUT2D eigenvalue weighted by Gasteiger charge is 2.15. The first-order valence-electron chi connectivity index (χ1n) is 14.9. The molecule has 0 unspecified atom stereocenters. The van der Waals surface area contributed by atoms with Crippen LogP contribution in [0, 0.1) is 11.7 Å². The summed E-state index contributed by atoms with van der Waals surface area (Å²) >= 11 is 0. The second-order valence-corrected chi connectivity index (χ2v) is 11.3. The van der Waals surface area contributed by atoms with Crippen LogP contribution in [0.2, 0.25) is 0 Å². The first kappa shape index (κ1) is 30.5. The van der Waals surface area contributed by atoms with Gasteiger partial charge in [-0.1, -0.05) is 31.9 Å². The number of benzene rings is 1. The highest BCUT2D eigenvalue weighted by molar-refractivity contribution is 5.97. The first-order valence-corrected chi connectivity index (χ1v) is 14.9. The second-order valence-electron chi connectivity index (χ2n) is 11.3. The number of anilines is 1. The van der Waals surface area contributed by atoms with E-state index in [1.54, 1.807) is 18.5 Å². The van der Waals surface area contributed by atoms with Crippen LogP contribution in [0.5, 0.6) is 0 Å². The third kappa shape index (κ3) is 6.98. The van der Waals surface area contributed by atoms with Gasteiger partial charge in [0.25, 0.3) is 0 Å². The molecule has 0 radical (unpaired) electrons. The number of hydrogen-bond acceptors (Lipinski definition) is 5. The Kier molecular flexibility index (Phi) is 9.41. The van der Waals surface area contributed by atoms with Crippen LogP contribution in [0.15, 0.2) is 96.7 Å². The molecule has 0 amide bonds. The van der Waals surface area contributed by atoms with Crippen molar-refractivity contribution in [1.82, 2.24) is 30.8 Å². The Hall–Kier alpha value is -4.95. The number of aromatic nitrogens is 4. The fourth-order valence-electron chi connectivity index (χ4n) is 5.65. The number of allylic oxidation sites excluding steroid dienone is 7.